The molecule has 1 amide bonds. The van der Waals surface area contributed by atoms with E-state index in [0.29, 0.717) is 17.2 Å². The van der Waals surface area contributed by atoms with Crippen LogP contribution in [0.3, 0.4) is 0 Å². The molecule has 0 aromatic carbocycles. The molecule has 0 saturated carbocycles. The number of hydrogen-bond acceptors (Lipinski definition) is 5. The fourth-order valence-electron chi connectivity index (χ4n) is 2.26. The van der Waals surface area contributed by atoms with Gasteiger partial charge in [-0.25, -0.2) is 4.68 Å². The molecule has 96 valence electrons. The van der Waals surface area contributed by atoms with Crippen LogP contribution >= 0.6 is 0 Å². The predicted octanol–water partition coefficient (Wildman–Crippen LogP) is 0.447. The molecule has 19 heavy (non-hydrogen) atoms. The minimum absolute atomic E-state index is 0.376. The number of pyridine rings is 1. The highest BCUT2D eigenvalue weighted by Gasteiger charge is 2.31. The van der Waals surface area contributed by atoms with Crippen molar-refractivity contribution in [2.75, 3.05) is 5.32 Å². The molecule has 1 atom stereocenters. The van der Waals surface area contributed by atoms with Gasteiger partial charge < -0.3 is 11.1 Å². The van der Waals surface area contributed by atoms with E-state index < -0.39 is 5.91 Å². The monoisotopic (exact) mass is 256 g/mol. The zero-order valence-corrected chi connectivity index (χ0v) is 10.2. The molecule has 2 aromatic rings. The van der Waals surface area contributed by atoms with Gasteiger partial charge in [0.15, 0.2) is 0 Å². The number of fused-ring (bicyclic) bond motifs is 1. The number of carbonyl (C=O) groups excluding carboxylic acids is 1. The van der Waals surface area contributed by atoms with Gasteiger partial charge in [-0.1, -0.05) is 0 Å². The van der Waals surface area contributed by atoms with Gasteiger partial charge in [-0.2, -0.15) is 10.1 Å². The van der Waals surface area contributed by atoms with Crippen molar-refractivity contribution in [3.05, 3.63) is 47.7 Å². The molecule has 3 rings (SSSR count). The van der Waals surface area contributed by atoms with E-state index in [9.17, 15) is 4.79 Å². The molecular weight excluding hydrogens is 244 g/mol. The number of nitrogens with one attached hydrogen (secondary N) is 1. The topological polar surface area (TPSA) is 98.7 Å². The number of carbonyl (C=O) groups is 1. The smallest absolute Gasteiger partial charge is 0.248 e. The lowest BCUT2D eigenvalue weighted by Gasteiger charge is -2.27. The molecule has 7 heteroatoms. The summed E-state index contributed by atoms with van der Waals surface area (Å²) in [6.45, 7) is 1.80. The summed E-state index contributed by atoms with van der Waals surface area (Å²) < 4.78 is 1.64. The van der Waals surface area contributed by atoms with Gasteiger partial charge >= 0.3 is 0 Å². The Labute approximate surface area is 109 Å². The molecule has 3 N–H and O–H groups in total. The molecule has 0 unspecified atom stereocenters. The molecule has 1 aliphatic heterocycles. The van der Waals surface area contributed by atoms with Crippen LogP contribution in [0.5, 0.6) is 0 Å². The summed E-state index contributed by atoms with van der Waals surface area (Å²) in [6.07, 6.45) is 4.78. The number of nitrogens with zero attached hydrogens (tertiary/aromatic N) is 4. The Balaban J connectivity index is 2.21. The fourth-order valence-corrected chi connectivity index (χ4v) is 2.26. The van der Waals surface area contributed by atoms with E-state index in [-0.39, 0.29) is 6.04 Å². The lowest BCUT2D eigenvalue weighted by Crippen LogP contribution is -2.31. The van der Waals surface area contributed by atoms with Gasteiger partial charge in [0.2, 0.25) is 11.9 Å². The number of primary amides is 1. The standard InChI is InChI=1S/C12H12N6O/c1-7-9(11(13)19)10(8-2-4-14-5-3-8)18-12(17-7)15-6-16-18/h2-6,10H,1H3,(H2,13,19)(H,15,16,17)/t10-/m1/s1. The first kappa shape index (κ1) is 11.4. The van der Waals surface area contributed by atoms with Crippen LogP contribution in [0.4, 0.5) is 5.95 Å². The van der Waals surface area contributed by atoms with Crippen LogP contribution < -0.4 is 11.1 Å². The van der Waals surface area contributed by atoms with Crippen molar-refractivity contribution < 1.29 is 4.79 Å². The van der Waals surface area contributed by atoms with Crippen molar-refractivity contribution in [3.8, 4) is 0 Å². The predicted molar refractivity (Wildman–Crippen MR) is 67.9 cm³/mol. The Kier molecular flexibility index (Phi) is 2.52. The highest BCUT2D eigenvalue weighted by Crippen LogP contribution is 2.33. The van der Waals surface area contributed by atoms with Crippen molar-refractivity contribution in [2.24, 2.45) is 5.73 Å². The van der Waals surface area contributed by atoms with E-state index in [2.05, 4.69) is 20.4 Å². The molecule has 0 saturated heterocycles. The number of hydrogen-bond donors (Lipinski definition) is 2. The van der Waals surface area contributed by atoms with Crippen LogP contribution in [0.2, 0.25) is 0 Å². The third-order valence-corrected chi connectivity index (χ3v) is 3.08. The Bertz CT molecular complexity index is 660. The van der Waals surface area contributed by atoms with Crippen molar-refractivity contribution >= 4 is 11.9 Å². The Morgan fingerprint density at radius 1 is 1.42 bits per heavy atom. The van der Waals surface area contributed by atoms with Gasteiger partial charge in [0.1, 0.15) is 12.4 Å². The molecule has 1 aliphatic rings. The first-order valence-electron chi connectivity index (χ1n) is 5.75. The average molecular weight is 256 g/mol. The minimum Gasteiger partial charge on any atom is -0.366 e. The van der Waals surface area contributed by atoms with E-state index in [1.165, 1.54) is 6.33 Å². The third kappa shape index (κ3) is 1.75. The van der Waals surface area contributed by atoms with Crippen molar-refractivity contribution in [2.45, 2.75) is 13.0 Å². The van der Waals surface area contributed by atoms with Gasteiger partial charge in [-0.3, -0.25) is 9.78 Å². The molecule has 2 aromatic heterocycles. The lowest BCUT2D eigenvalue weighted by molar-refractivity contribution is -0.115. The SMILES string of the molecule is CC1=C(C(N)=O)[C@@H](c2ccncc2)n2ncnc2N1. The first-order chi connectivity index (χ1) is 9.18. The van der Waals surface area contributed by atoms with Crippen LogP contribution in [0, 0.1) is 0 Å². The quantitative estimate of drug-likeness (QED) is 0.812. The Morgan fingerprint density at radius 2 is 2.16 bits per heavy atom. The van der Waals surface area contributed by atoms with Gasteiger partial charge in [0.05, 0.1) is 5.57 Å². The van der Waals surface area contributed by atoms with E-state index in [0.717, 1.165) is 5.56 Å². The zero-order valence-electron chi connectivity index (χ0n) is 10.2. The molecule has 3 heterocycles. The van der Waals surface area contributed by atoms with Crippen LogP contribution in [0.15, 0.2) is 42.1 Å². The van der Waals surface area contributed by atoms with Gasteiger partial charge in [0, 0.05) is 18.1 Å². The summed E-state index contributed by atoms with van der Waals surface area (Å²) in [5.41, 5.74) is 7.55. The first-order valence-corrected chi connectivity index (χ1v) is 5.75. The van der Waals surface area contributed by atoms with Crippen LogP contribution in [-0.2, 0) is 4.79 Å². The number of amides is 1. The van der Waals surface area contributed by atoms with Crippen molar-refractivity contribution in [1.82, 2.24) is 19.7 Å². The second-order valence-electron chi connectivity index (χ2n) is 4.24. The number of anilines is 1. The average Bonchev–Trinajstić information content (AvgIpc) is 2.85. The Morgan fingerprint density at radius 3 is 2.84 bits per heavy atom. The van der Waals surface area contributed by atoms with Crippen LogP contribution in [0.1, 0.15) is 18.5 Å². The Hall–Kier alpha value is -2.70. The second kappa shape index (κ2) is 4.20. The minimum atomic E-state index is -0.479. The summed E-state index contributed by atoms with van der Waals surface area (Å²) in [4.78, 5) is 19.8. The van der Waals surface area contributed by atoms with Crippen LogP contribution in [-0.4, -0.2) is 25.7 Å². The highest BCUT2D eigenvalue weighted by atomic mass is 16.1. The van der Waals surface area contributed by atoms with Crippen molar-refractivity contribution in [3.63, 3.8) is 0 Å². The molecule has 0 radical (unpaired) electrons. The highest BCUT2D eigenvalue weighted by molar-refractivity contribution is 5.95. The lowest BCUT2D eigenvalue weighted by atomic mass is 9.96. The molecule has 0 aliphatic carbocycles. The number of aromatic nitrogens is 4. The van der Waals surface area contributed by atoms with E-state index >= 15 is 0 Å². The molecule has 0 spiro atoms. The number of allylic oxidation sites excluding steroid dienone is 1. The number of rotatable bonds is 2. The van der Waals surface area contributed by atoms with E-state index in [1.54, 1.807) is 24.0 Å². The van der Waals surface area contributed by atoms with Crippen LogP contribution in [0.25, 0.3) is 0 Å². The van der Waals surface area contributed by atoms with Gasteiger partial charge in [-0.05, 0) is 24.6 Å². The van der Waals surface area contributed by atoms with Gasteiger partial charge in [0.25, 0.3) is 0 Å². The van der Waals surface area contributed by atoms with E-state index in [1.807, 2.05) is 12.1 Å². The summed E-state index contributed by atoms with van der Waals surface area (Å²) in [5.74, 6) is 0.109. The maximum atomic E-state index is 11.7. The summed E-state index contributed by atoms with van der Waals surface area (Å²) in [6, 6.07) is 3.29. The maximum Gasteiger partial charge on any atom is 0.248 e. The van der Waals surface area contributed by atoms with E-state index in [4.69, 9.17) is 5.73 Å². The van der Waals surface area contributed by atoms with Crippen molar-refractivity contribution in [1.29, 1.82) is 0 Å². The number of nitrogens with two attached hydrogens (primary N) is 1. The normalized spacial score (nSPS) is 17.8. The zero-order chi connectivity index (χ0) is 13.4. The summed E-state index contributed by atoms with van der Waals surface area (Å²) in [7, 11) is 0. The van der Waals surface area contributed by atoms with Gasteiger partial charge in [-0.15, -0.1) is 0 Å². The molecule has 0 bridgehead atoms. The third-order valence-electron chi connectivity index (χ3n) is 3.08. The molecule has 7 nitrogen and oxygen atoms in total. The largest absolute Gasteiger partial charge is 0.366 e. The fraction of sp³-hybridized carbons (Fsp3) is 0.167. The molecular formula is C12H12N6O. The molecule has 0 fully saturated rings. The summed E-state index contributed by atoms with van der Waals surface area (Å²) >= 11 is 0. The second-order valence-corrected chi connectivity index (χ2v) is 4.24. The summed E-state index contributed by atoms with van der Waals surface area (Å²) in [5, 5.41) is 7.19. The maximum absolute atomic E-state index is 11.7.